The Bertz CT molecular complexity index is 841. The number of anilines is 1. The molecule has 3 heterocycles. The normalized spacial score (nSPS) is 17.2. The summed E-state index contributed by atoms with van der Waals surface area (Å²) >= 11 is 0. The van der Waals surface area contributed by atoms with Crippen LogP contribution in [0.25, 0.3) is 0 Å². The third-order valence-electron chi connectivity index (χ3n) is 5.09. The molecule has 2 amide bonds. The van der Waals surface area contributed by atoms with Gasteiger partial charge >= 0.3 is 6.03 Å². The fourth-order valence-electron chi connectivity index (χ4n) is 3.72. The van der Waals surface area contributed by atoms with Crippen molar-refractivity contribution in [3.05, 3.63) is 46.0 Å². The molecule has 2 aliphatic heterocycles. The maximum absolute atomic E-state index is 12.4. The number of aromatic nitrogens is 3. The zero-order valence-electron chi connectivity index (χ0n) is 14.3. The number of amides is 2. The van der Waals surface area contributed by atoms with Crippen LogP contribution in [0.15, 0.2) is 24.3 Å². The number of hydrogen-bond acceptors (Lipinski definition) is 5. The Morgan fingerprint density at radius 1 is 1.23 bits per heavy atom. The van der Waals surface area contributed by atoms with Gasteiger partial charge in [-0.3, -0.25) is 10.1 Å². The van der Waals surface area contributed by atoms with Crippen LogP contribution in [0.3, 0.4) is 0 Å². The lowest BCUT2D eigenvalue weighted by Gasteiger charge is -2.31. The molecule has 0 radical (unpaired) electrons. The summed E-state index contributed by atoms with van der Waals surface area (Å²) in [4.78, 5) is 24.6. The molecule has 1 aromatic heterocycles. The van der Waals surface area contributed by atoms with Crippen molar-refractivity contribution in [3.8, 4) is 0 Å². The monoisotopic (exact) mass is 356 g/mol. The Morgan fingerprint density at radius 3 is 2.81 bits per heavy atom. The molecule has 0 atom stereocenters. The topological polar surface area (TPSA) is 106 Å². The fraction of sp³-hybridized carbons (Fsp3) is 0.471. The Hall–Kier alpha value is -2.97. The average Bonchev–Trinajstić information content (AvgIpc) is 3.25. The quantitative estimate of drug-likeness (QED) is 0.672. The first-order valence-electron chi connectivity index (χ1n) is 8.84. The third-order valence-corrected chi connectivity index (χ3v) is 5.09. The van der Waals surface area contributed by atoms with Gasteiger partial charge < -0.3 is 14.8 Å². The van der Waals surface area contributed by atoms with Gasteiger partial charge in [0.25, 0.3) is 5.69 Å². The van der Waals surface area contributed by atoms with Crippen LogP contribution >= 0.6 is 0 Å². The molecule has 0 spiro atoms. The van der Waals surface area contributed by atoms with Gasteiger partial charge in [-0.1, -0.05) is 6.07 Å². The number of nitrogens with zero attached hydrogens (tertiary/aromatic N) is 5. The number of nitro benzene ring substituents is 1. The second-order valence-corrected chi connectivity index (χ2v) is 6.73. The number of benzene rings is 1. The molecular formula is C17H20N6O3. The minimum absolute atomic E-state index is 0.0397. The van der Waals surface area contributed by atoms with E-state index in [2.05, 4.69) is 20.1 Å². The number of fused-ring (bicyclic) bond motifs is 1. The lowest BCUT2D eigenvalue weighted by atomic mass is 9.96. The Balaban J connectivity index is 1.36. The van der Waals surface area contributed by atoms with Crippen molar-refractivity contribution in [2.45, 2.75) is 38.1 Å². The molecule has 9 nitrogen and oxygen atoms in total. The molecule has 1 saturated heterocycles. The van der Waals surface area contributed by atoms with E-state index in [0.717, 1.165) is 43.9 Å². The van der Waals surface area contributed by atoms with Crippen LogP contribution in [0.2, 0.25) is 0 Å². The fourth-order valence-corrected chi connectivity index (χ4v) is 3.72. The predicted molar refractivity (Wildman–Crippen MR) is 94.0 cm³/mol. The van der Waals surface area contributed by atoms with Crippen molar-refractivity contribution < 1.29 is 9.72 Å². The molecule has 9 heteroatoms. The summed E-state index contributed by atoms with van der Waals surface area (Å²) in [6, 6.07) is 5.75. The molecule has 0 saturated carbocycles. The zero-order valence-corrected chi connectivity index (χ0v) is 14.3. The lowest BCUT2D eigenvalue weighted by molar-refractivity contribution is -0.384. The van der Waals surface area contributed by atoms with E-state index in [1.807, 2.05) is 0 Å². The van der Waals surface area contributed by atoms with Gasteiger partial charge in [-0.15, -0.1) is 10.2 Å². The molecule has 1 aromatic carbocycles. The third kappa shape index (κ3) is 3.12. The molecule has 1 fully saturated rings. The Kier molecular flexibility index (Phi) is 4.27. The lowest BCUT2D eigenvalue weighted by Crippen LogP contribution is -2.40. The molecule has 4 rings (SSSR count). The van der Waals surface area contributed by atoms with E-state index in [-0.39, 0.29) is 11.7 Å². The second-order valence-electron chi connectivity index (χ2n) is 6.73. The maximum atomic E-state index is 12.4. The molecule has 0 unspecified atom stereocenters. The van der Waals surface area contributed by atoms with E-state index in [9.17, 15) is 14.9 Å². The number of carbonyl (C=O) groups is 1. The van der Waals surface area contributed by atoms with Gasteiger partial charge in [0.15, 0.2) is 0 Å². The highest BCUT2D eigenvalue weighted by Crippen LogP contribution is 2.29. The summed E-state index contributed by atoms with van der Waals surface area (Å²) in [6.45, 7) is 2.26. The minimum atomic E-state index is -0.474. The Morgan fingerprint density at radius 2 is 2.04 bits per heavy atom. The number of piperidine rings is 1. The van der Waals surface area contributed by atoms with Crippen LogP contribution in [0.5, 0.6) is 0 Å². The van der Waals surface area contributed by atoms with E-state index in [4.69, 9.17) is 0 Å². The van der Waals surface area contributed by atoms with Gasteiger partial charge in [0.2, 0.25) is 0 Å². The summed E-state index contributed by atoms with van der Waals surface area (Å²) < 4.78 is 2.23. The average molecular weight is 356 g/mol. The largest absolute Gasteiger partial charge is 0.324 e. The van der Waals surface area contributed by atoms with Crippen LogP contribution < -0.4 is 5.32 Å². The second kappa shape index (κ2) is 6.74. The number of carbonyl (C=O) groups excluding carboxylic acids is 1. The number of likely N-dealkylation sites (tertiary alicyclic amines) is 1. The number of hydrogen-bond donors (Lipinski definition) is 1. The first-order chi connectivity index (χ1) is 12.6. The van der Waals surface area contributed by atoms with Crippen LogP contribution in [-0.4, -0.2) is 43.7 Å². The summed E-state index contributed by atoms with van der Waals surface area (Å²) in [5, 5.41) is 22.2. The van der Waals surface area contributed by atoms with Crippen LogP contribution in [-0.2, 0) is 13.0 Å². The van der Waals surface area contributed by atoms with Crippen molar-refractivity contribution >= 4 is 17.4 Å². The molecule has 0 bridgehead atoms. The van der Waals surface area contributed by atoms with Crippen LogP contribution in [0.1, 0.15) is 36.8 Å². The number of aryl methyl sites for hydroxylation is 1. The molecule has 2 aromatic rings. The van der Waals surface area contributed by atoms with Gasteiger partial charge in [0, 0.05) is 49.8 Å². The van der Waals surface area contributed by atoms with E-state index in [1.165, 1.54) is 12.1 Å². The summed E-state index contributed by atoms with van der Waals surface area (Å²) in [5.74, 6) is 2.46. The van der Waals surface area contributed by atoms with Crippen LogP contribution in [0.4, 0.5) is 16.2 Å². The van der Waals surface area contributed by atoms with Crippen molar-refractivity contribution in [1.29, 1.82) is 0 Å². The van der Waals surface area contributed by atoms with Gasteiger partial charge in [-0.05, 0) is 25.3 Å². The first-order valence-corrected chi connectivity index (χ1v) is 8.84. The maximum Gasteiger partial charge on any atom is 0.321 e. The van der Waals surface area contributed by atoms with E-state index in [0.29, 0.717) is 24.7 Å². The van der Waals surface area contributed by atoms with E-state index < -0.39 is 4.92 Å². The molecule has 26 heavy (non-hydrogen) atoms. The van der Waals surface area contributed by atoms with Crippen molar-refractivity contribution in [1.82, 2.24) is 19.7 Å². The molecule has 2 aliphatic rings. The number of nitrogens with one attached hydrogen (secondary N) is 1. The van der Waals surface area contributed by atoms with Crippen LogP contribution in [0, 0.1) is 10.1 Å². The standard InChI is InChI=1S/C17H20N6O3/c24-17(18-13-3-1-4-14(11-13)23(25)26)21-9-6-12(7-10-21)16-20-19-15-5-2-8-22(15)16/h1,3-4,11-12H,2,5-10H2,(H,18,24). The molecule has 1 N–H and O–H groups in total. The highest BCUT2D eigenvalue weighted by atomic mass is 16.6. The van der Waals surface area contributed by atoms with Crippen molar-refractivity contribution in [2.24, 2.45) is 0 Å². The SMILES string of the molecule is O=C(Nc1cccc([N+](=O)[O-])c1)N1CCC(c2nnc3n2CCC3)CC1. The Labute approximate surface area is 150 Å². The highest BCUT2D eigenvalue weighted by molar-refractivity contribution is 5.89. The van der Waals surface area contributed by atoms with Gasteiger partial charge in [-0.25, -0.2) is 4.79 Å². The van der Waals surface area contributed by atoms with Gasteiger partial charge in [0.1, 0.15) is 11.6 Å². The predicted octanol–water partition coefficient (Wildman–Crippen LogP) is 2.54. The highest BCUT2D eigenvalue weighted by Gasteiger charge is 2.29. The number of non-ortho nitro benzene ring substituents is 1. The minimum Gasteiger partial charge on any atom is -0.324 e. The summed E-state index contributed by atoms with van der Waals surface area (Å²) in [7, 11) is 0. The molecule has 0 aliphatic carbocycles. The van der Waals surface area contributed by atoms with E-state index >= 15 is 0 Å². The first kappa shape index (κ1) is 16.5. The van der Waals surface area contributed by atoms with Crippen molar-refractivity contribution in [2.75, 3.05) is 18.4 Å². The number of rotatable bonds is 3. The smallest absolute Gasteiger partial charge is 0.321 e. The molecule has 136 valence electrons. The van der Waals surface area contributed by atoms with E-state index in [1.54, 1.807) is 17.0 Å². The van der Waals surface area contributed by atoms with Gasteiger partial charge in [-0.2, -0.15) is 0 Å². The van der Waals surface area contributed by atoms with Gasteiger partial charge in [0.05, 0.1) is 4.92 Å². The number of urea groups is 1. The van der Waals surface area contributed by atoms with Crippen molar-refractivity contribution in [3.63, 3.8) is 0 Å². The number of nitro groups is 1. The molecular weight excluding hydrogens is 336 g/mol. The summed E-state index contributed by atoms with van der Waals surface area (Å²) in [5.41, 5.74) is 0.392. The summed E-state index contributed by atoms with van der Waals surface area (Å²) in [6.07, 6.45) is 3.82. The zero-order chi connectivity index (χ0) is 18.1.